The quantitative estimate of drug-likeness (QED) is 0.0638. The van der Waals surface area contributed by atoms with E-state index in [0.717, 1.165) is 84.5 Å². The number of fused-ring (bicyclic) bond motifs is 12. The molecule has 20 heteroatoms. The molecule has 8 aromatic rings. The average molecular weight is 1530 g/mol. The van der Waals surface area contributed by atoms with Crippen LogP contribution in [-0.2, 0) is 31.8 Å². The molecule has 4 aliphatic carbocycles. The van der Waals surface area contributed by atoms with Crippen molar-refractivity contribution in [1.29, 1.82) is 0 Å². The van der Waals surface area contributed by atoms with E-state index in [1.54, 1.807) is 48.9 Å². The number of methoxy groups -OCH3 is 2. The van der Waals surface area contributed by atoms with Crippen molar-refractivity contribution in [3.8, 4) is 5.75 Å². The van der Waals surface area contributed by atoms with Gasteiger partial charge in [-0.05, 0) is 207 Å². The van der Waals surface area contributed by atoms with Crippen LogP contribution in [0.3, 0.4) is 0 Å². The smallest absolute Gasteiger partial charge is 0.362 e. The molecule has 5 aromatic carbocycles. The molecular formula is C93H116N10O10. The Labute approximate surface area is 664 Å². The maximum Gasteiger partial charge on any atom is 0.362 e. The highest BCUT2D eigenvalue weighted by molar-refractivity contribution is 5.97. The number of phenols is 1. The van der Waals surface area contributed by atoms with E-state index in [2.05, 4.69) is 53.3 Å². The second kappa shape index (κ2) is 34.8. The van der Waals surface area contributed by atoms with Gasteiger partial charge in [0, 0.05) is 78.1 Å². The number of esters is 2. The van der Waals surface area contributed by atoms with Crippen LogP contribution in [0.4, 0.5) is 0 Å². The second-order valence-electron chi connectivity index (χ2n) is 33.8. The lowest BCUT2D eigenvalue weighted by Crippen LogP contribution is -2.56. The molecule has 2 N–H and O–H groups in total. The third kappa shape index (κ3) is 16.1. The number of carbonyl (C=O) groups excluding carboxylic acids is 3. The molecule has 1 amide bonds. The van der Waals surface area contributed by atoms with Crippen LogP contribution in [0, 0.1) is 5.92 Å². The zero-order valence-electron chi connectivity index (χ0n) is 65.7. The molecular weight excluding hydrogens is 1420 g/mol. The van der Waals surface area contributed by atoms with Crippen LogP contribution < -0.4 is 22.0 Å². The van der Waals surface area contributed by atoms with Gasteiger partial charge in [-0.2, -0.15) is 0 Å². The van der Waals surface area contributed by atoms with Crippen molar-refractivity contribution < 1.29 is 33.7 Å². The molecule has 9 fully saturated rings. The number of amides is 1. The molecule has 8 bridgehead atoms. The van der Waals surface area contributed by atoms with E-state index in [9.17, 15) is 33.9 Å². The maximum absolute atomic E-state index is 14.1. The lowest BCUT2D eigenvalue weighted by atomic mass is 9.85. The Balaban J connectivity index is 0.000000134. The van der Waals surface area contributed by atoms with Crippen LogP contribution in [0.2, 0.25) is 0 Å². The number of rotatable bonds is 17. The Morgan fingerprint density at radius 3 is 1.63 bits per heavy atom. The van der Waals surface area contributed by atoms with Crippen molar-refractivity contribution in [3.05, 3.63) is 205 Å². The van der Waals surface area contributed by atoms with Crippen LogP contribution in [0.15, 0.2) is 154 Å². The summed E-state index contributed by atoms with van der Waals surface area (Å²) in [5.74, 6) is -0.419. The van der Waals surface area contributed by atoms with E-state index < -0.39 is 29.4 Å². The molecule has 0 radical (unpaired) electrons. The molecule has 10 aliphatic rings. The van der Waals surface area contributed by atoms with Crippen LogP contribution in [-0.4, -0.2) is 135 Å². The van der Waals surface area contributed by atoms with Crippen molar-refractivity contribution in [2.75, 3.05) is 20.8 Å². The summed E-state index contributed by atoms with van der Waals surface area (Å²) >= 11 is 0. The number of carbonyl (C=O) groups is 3. The highest BCUT2D eigenvalue weighted by Crippen LogP contribution is 2.57. The van der Waals surface area contributed by atoms with Crippen molar-refractivity contribution in [2.45, 2.75) is 292 Å². The number of nitrogens with one attached hydrogen (secondary N) is 1. The summed E-state index contributed by atoms with van der Waals surface area (Å²) in [6.07, 6.45) is 40.8. The number of allylic oxidation sites excluding steroid dienone is 1. The number of ether oxygens (including phenoxy) is 3. The predicted octanol–water partition coefficient (Wildman–Crippen LogP) is 16.9. The van der Waals surface area contributed by atoms with Gasteiger partial charge in [0.25, 0.3) is 22.6 Å². The van der Waals surface area contributed by atoms with Gasteiger partial charge in [-0.25, -0.2) is 24.5 Å². The normalized spacial score (nSPS) is 26.0. The number of piperidine rings is 3. The van der Waals surface area contributed by atoms with Gasteiger partial charge in [-0.1, -0.05) is 157 Å². The Hall–Kier alpha value is -9.27. The number of aryl methyl sites for hydroxylation is 2. The number of aromatic hydroxyl groups is 1. The number of phenolic OH excluding ortho intramolecular Hbond substituents is 1. The molecule has 3 unspecified atom stereocenters. The molecule has 18 rings (SSSR count). The predicted molar refractivity (Wildman–Crippen MR) is 443 cm³/mol. The van der Waals surface area contributed by atoms with Gasteiger partial charge in [0.2, 0.25) is 5.69 Å². The third-order valence-corrected chi connectivity index (χ3v) is 27.4. The molecule has 4 saturated carbocycles. The first-order valence-corrected chi connectivity index (χ1v) is 42.4. The first kappa shape index (κ1) is 79.0. The number of benzene rings is 5. The summed E-state index contributed by atoms with van der Waals surface area (Å²) < 4.78 is 21.1. The summed E-state index contributed by atoms with van der Waals surface area (Å²) in [5, 5.41) is 12.9. The summed E-state index contributed by atoms with van der Waals surface area (Å²) in [7, 11) is 2.82. The van der Waals surface area contributed by atoms with Gasteiger partial charge >= 0.3 is 11.9 Å². The molecule has 113 heavy (non-hydrogen) atoms. The monoisotopic (exact) mass is 1530 g/mol. The van der Waals surface area contributed by atoms with Crippen molar-refractivity contribution >= 4 is 56.7 Å². The van der Waals surface area contributed by atoms with Crippen LogP contribution in [0.25, 0.3) is 38.9 Å². The molecule has 20 nitrogen and oxygen atoms in total. The van der Waals surface area contributed by atoms with E-state index in [-0.39, 0.29) is 60.4 Å². The Morgan fingerprint density at radius 2 is 1.06 bits per heavy atom. The summed E-state index contributed by atoms with van der Waals surface area (Å²) in [6, 6.07) is 40.8. The van der Waals surface area contributed by atoms with Crippen LogP contribution >= 0.6 is 0 Å². The molecule has 598 valence electrons. The molecule has 9 atom stereocenters. The van der Waals surface area contributed by atoms with Gasteiger partial charge in [0.05, 0.1) is 59.5 Å². The molecule has 5 saturated heterocycles. The minimum absolute atomic E-state index is 0. The van der Waals surface area contributed by atoms with Gasteiger partial charge in [-0.3, -0.25) is 29.0 Å². The van der Waals surface area contributed by atoms with E-state index >= 15 is 0 Å². The van der Waals surface area contributed by atoms with E-state index in [4.69, 9.17) is 19.2 Å². The van der Waals surface area contributed by atoms with Crippen LogP contribution in [0.5, 0.6) is 5.75 Å². The van der Waals surface area contributed by atoms with E-state index in [0.29, 0.717) is 88.2 Å². The number of nitrogens with zero attached hydrogens (tertiary/aromatic N) is 9. The number of hydrogen-bond donors (Lipinski definition) is 2. The average Bonchev–Trinajstić information content (AvgIpc) is 1.61. The standard InChI is InChI=1S/C34H43N3O3.C33H38N4O4.C25H31N3O3.CH4/c1-23(40-2)29-20-24(15-19-33(29)38)14-18-31-34(39)37(32-13-9-8-12-30(32)35-31)28-21-26-16-17-27(22-28)36(26)25-10-6-4-3-5-7-11-25;1-41-33(40)29(22-12-6-5-7-13-22)35-31(38)30-32(39)37(28-17-11-10-16-27(28)34-30)26-20-24-18-19-25(21-26)36(24)23-14-8-3-2-4-9-15-23;1-2-31-24(30)22-23(29)27(21-6-4-3-5-20(21)26-22)19-13-17-7-8-18(14-19)28(17)25-11-9-16(15-25)10-12-25;/h8-9,12-13,15,19-20,25-28,38H,1,3-7,10-11,14,16-18,21-22H2,2H3;5-7,10-13,16-18,23,25-26,29H,2-4,8-9,14-15,19-21H2,1H3,(H,35,38);3-6,16-19H,2,7-15H2,1H3;1H4/t26-,27+,28?;25-,26-,29?;16?,17-,18+,19?,25?;/m.1../s1. The van der Waals surface area contributed by atoms with Gasteiger partial charge < -0.3 is 43.2 Å². The minimum Gasteiger partial charge on any atom is -0.507 e. The number of para-hydroxylation sites is 6. The summed E-state index contributed by atoms with van der Waals surface area (Å²) in [6.45, 7) is 5.87. The van der Waals surface area contributed by atoms with Gasteiger partial charge in [-0.15, -0.1) is 0 Å². The van der Waals surface area contributed by atoms with Crippen LogP contribution in [0.1, 0.15) is 275 Å². The summed E-state index contributed by atoms with van der Waals surface area (Å²) in [4.78, 5) is 103. The van der Waals surface area contributed by atoms with E-state index in [1.807, 2.05) is 89.5 Å². The highest BCUT2D eigenvalue weighted by Gasteiger charge is 2.56. The van der Waals surface area contributed by atoms with Crippen molar-refractivity contribution in [3.63, 3.8) is 0 Å². The van der Waals surface area contributed by atoms with E-state index in [1.165, 1.54) is 160 Å². The second-order valence-corrected chi connectivity index (χ2v) is 33.8. The Bertz CT molecular complexity index is 4960. The molecule has 6 aliphatic heterocycles. The zero-order valence-corrected chi connectivity index (χ0v) is 65.7. The molecule has 3 aromatic heterocycles. The van der Waals surface area contributed by atoms with Crippen molar-refractivity contribution in [2.24, 2.45) is 5.92 Å². The zero-order chi connectivity index (χ0) is 77.2. The largest absolute Gasteiger partial charge is 0.507 e. The Morgan fingerprint density at radius 1 is 0.549 bits per heavy atom. The van der Waals surface area contributed by atoms with Crippen molar-refractivity contribution in [1.82, 2.24) is 48.7 Å². The topological polar surface area (TPSA) is 226 Å². The number of hydrogen-bond acceptors (Lipinski definition) is 16. The first-order valence-electron chi connectivity index (χ1n) is 42.4. The lowest BCUT2D eigenvalue weighted by molar-refractivity contribution is -0.143. The highest BCUT2D eigenvalue weighted by atomic mass is 16.5. The first-order chi connectivity index (χ1) is 54.7. The SMILES string of the molecule is C.C=C(OC)c1cc(CCc2nc3ccccc3n(C3C[C@H]4CC[C@@H](C3)N4C3CCCCCCC3)c2=O)ccc1O.CCOC(=O)c1nc2ccccc2n(C2C[C@H]3CC[C@@H](C2)N3C23CCC(CC2)C3)c1=O.COC(=O)C(NC(=O)c1nc2ccccc2n([C@@H]2CC3=CC[C@H](C2)N3C2CCCCCCC2)c1=O)c1ccccc1. The fraction of sp³-hybridized carbons (Fsp3) is 0.538. The van der Waals surface area contributed by atoms with Gasteiger partial charge in [0.1, 0.15) is 17.2 Å². The molecule has 0 spiro atoms. The maximum atomic E-state index is 14.1. The lowest BCUT2D eigenvalue weighted by Gasteiger charge is -2.49. The Kier molecular flexibility index (Phi) is 24.3. The number of aromatic nitrogens is 6. The third-order valence-electron chi connectivity index (χ3n) is 27.4. The fourth-order valence-corrected chi connectivity index (χ4v) is 22.4. The van der Waals surface area contributed by atoms with Gasteiger partial charge in [0.15, 0.2) is 11.7 Å². The summed E-state index contributed by atoms with van der Waals surface area (Å²) in [5.41, 5.74) is 8.27. The molecule has 9 heterocycles. The minimum atomic E-state index is -1.05. The fourth-order valence-electron chi connectivity index (χ4n) is 22.4.